The highest BCUT2D eigenvalue weighted by Gasteiger charge is 2.22. The largest absolute Gasteiger partial charge is 0.324 e. The van der Waals surface area contributed by atoms with E-state index in [0.29, 0.717) is 12.2 Å². The Morgan fingerprint density at radius 2 is 2.29 bits per heavy atom. The van der Waals surface area contributed by atoms with Crippen molar-refractivity contribution in [2.75, 3.05) is 5.32 Å². The van der Waals surface area contributed by atoms with Crippen LogP contribution in [0.2, 0.25) is 0 Å². The Morgan fingerprint density at radius 3 is 2.88 bits per heavy atom. The van der Waals surface area contributed by atoms with Crippen LogP contribution in [0.1, 0.15) is 12.1 Å². The second-order valence-electron chi connectivity index (χ2n) is 4.14. The summed E-state index contributed by atoms with van der Waals surface area (Å²) >= 11 is 3.37. The maximum absolute atomic E-state index is 11.9. The highest BCUT2D eigenvalue weighted by Crippen LogP contribution is 2.20. The number of rotatable bonds is 2. The van der Waals surface area contributed by atoms with Crippen molar-refractivity contribution in [3.05, 3.63) is 34.5 Å². The average Bonchev–Trinajstić information content (AvgIpc) is 2.70. The molecule has 2 rings (SSSR count). The number of halogens is 1. The number of carbonyl (C=O) groups excluding carboxylic acids is 1. The number of anilines is 1. The molecule has 1 aromatic rings. The summed E-state index contributed by atoms with van der Waals surface area (Å²) in [6.45, 7) is 1.88. The van der Waals surface area contributed by atoms with Crippen LogP contribution < -0.4 is 11.1 Å². The van der Waals surface area contributed by atoms with Crippen LogP contribution >= 0.6 is 15.9 Å². The Kier molecular flexibility index (Phi) is 3.59. The Balaban J connectivity index is 2.03. The maximum atomic E-state index is 11.9. The first kappa shape index (κ1) is 12.3. The second kappa shape index (κ2) is 4.98. The molecule has 1 aromatic heterocycles. The van der Waals surface area contributed by atoms with Gasteiger partial charge in [-0.25, -0.2) is 4.98 Å². The fourth-order valence-corrected chi connectivity index (χ4v) is 1.98. The summed E-state index contributed by atoms with van der Waals surface area (Å²) in [6, 6.07) is 3.63. The summed E-state index contributed by atoms with van der Waals surface area (Å²) in [5, 5.41) is 2.79. The molecule has 0 aliphatic heterocycles. The van der Waals surface area contributed by atoms with Crippen LogP contribution in [-0.4, -0.2) is 16.9 Å². The van der Waals surface area contributed by atoms with Crippen molar-refractivity contribution < 1.29 is 4.79 Å². The Labute approximate surface area is 108 Å². The molecule has 1 heterocycles. The van der Waals surface area contributed by atoms with Gasteiger partial charge in [-0.3, -0.25) is 4.79 Å². The van der Waals surface area contributed by atoms with Gasteiger partial charge in [-0.1, -0.05) is 12.2 Å². The minimum Gasteiger partial charge on any atom is -0.324 e. The van der Waals surface area contributed by atoms with Crippen molar-refractivity contribution >= 4 is 27.7 Å². The highest BCUT2D eigenvalue weighted by atomic mass is 79.9. The van der Waals surface area contributed by atoms with E-state index in [1.54, 1.807) is 6.07 Å². The Bertz CT molecular complexity index is 473. The van der Waals surface area contributed by atoms with E-state index >= 15 is 0 Å². The van der Waals surface area contributed by atoms with Gasteiger partial charge < -0.3 is 11.1 Å². The minimum atomic E-state index is -0.143. The zero-order valence-corrected chi connectivity index (χ0v) is 11.1. The standard InChI is InChI=1S/C12H14BrN3O/c1-7-10(13)4-5-11(15-7)16-12(17)8-2-3-9(14)6-8/h2-5,8-9H,6,14H2,1H3,(H,15,16,17). The van der Waals surface area contributed by atoms with Gasteiger partial charge in [-0.15, -0.1) is 0 Å². The normalized spacial score (nSPS) is 22.8. The van der Waals surface area contributed by atoms with Crippen LogP contribution in [0.5, 0.6) is 0 Å². The molecule has 0 fully saturated rings. The third kappa shape index (κ3) is 2.92. The topological polar surface area (TPSA) is 68.0 Å². The molecule has 0 aromatic carbocycles. The lowest BCUT2D eigenvalue weighted by Gasteiger charge is -2.10. The lowest BCUT2D eigenvalue weighted by Crippen LogP contribution is -2.24. The molecular weight excluding hydrogens is 282 g/mol. The van der Waals surface area contributed by atoms with Crippen molar-refractivity contribution in [2.24, 2.45) is 11.7 Å². The van der Waals surface area contributed by atoms with E-state index in [9.17, 15) is 4.79 Å². The summed E-state index contributed by atoms with van der Waals surface area (Å²) in [6.07, 6.45) is 4.39. The van der Waals surface area contributed by atoms with Crippen LogP contribution in [0.3, 0.4) is 0 Å². The Morgan fingerprint density at radius 1 is 1.53 bits per heavy atom. The van der Waals surface area contributed by atoms with Gasteiger partial charge in [0.15, 0.2) is 0 Å². The van der Waals surface area contributed by atoms with E-state index in [1.807, 2.05) is 25.1 Å². The van der Waals surface area contributed by atoms with Crippen LogP contribution in [0.15, 0.2) is 28.8 Å². The molecule has 2 unspecified atom stereocenters. The second-order valence-corrected chi connectivity index (χ2v) is 5.00. The van der Waals surface area contributed by atoms with Gasteiger partial charge in [-0.2, -0.15) is 0 Å². The Hall–Kier alpha value is -1.20. The van der Waals surface area contributed by atoms with Crippen molar-refractivity contribution in [3.8, 4) is 0 Å². The molecule has 2 atom stereocenters. The van der Waals surface area contributed by atoms with Gasteiger partial charge >= 0.3 is 0 Å². The molecule has 5 heteroatoms. The van der Waals surface area contributed by atoms with E-state index in [-0.39, 0.29) is 17.9 Å². The zero-order valence-electron chi connectivity index (χ0n) is 9.48. The molecule has 0 bridgehead atoms. The molecule has 0 saturated heterocycles. The monoisotopic (exact) mass is 295 g/mol. The first-order valence-electron chi connectivity index (χ1n) is 5.44. The first-order valence-corrected chi connectivity index (χ1v) is 6.23. The molecule has 3 N–H and O–H groups in total. The van der Waals surface area contributed by atoms with Gasteiger partial charge in [-0.05, 0) is 41.4 Å². The van der Waals surface area contributed by atoms with Crippen molar-refractivity contribution in [1.82, 2.24) is 4.98 Å². The van der Waals surface area contributed by atoms with Gasteiger partial charge in [0.1, 0.15) is 5.82 Å². The summed E-state index contributed by atoms with van der Waals surface area (Å²) in [5.74, 6) is 0.378. The molecular formula is C12H14BrN3O. The van der Waals surface area contributed by atoms with E-state index in [1.165, 1.54) is 0 Å². The first-order chi connectivity index (χ1) is 8.06. The number of nitrogens with one attached hydrogen (secondary N) is 1. The van der Waals surface area contributed by atoms with Crippen LogP contribution in [0.4, 0.5) is 5.82 Å². The fourth-order valence-electron chi connectivity index (χ4n) is 1.75. The predicted octanol–water partition coefficient (Wildman–Crippen LogP) is 1.99. The predicted molar refractivity (Wildman–Crippen MR) is 70.5 cm³/mol. The summed E-state index contributed by atoms with van der Waals surface area (Å²) in [4.78, 5) is 16.2. The molecule has 1 aliphatic rings. The zero-order chi connectivity index (χ0) is 12.4. The van der Waals surface area contributed by atoms with E-state index in [2.05, 4.69) is 26.2 Å². The minimum absolute atomic E-state index is 0.00892. The lowest BCUT2D eigenvalue weighted by atomic mass is 10.1. The molecule has 4 nitrogen and oxygen atoms in total. The molecule has 1 amide bonds. The lowest BCUT2D eigenvalue weighted by molar-refractivity contribution is -0.118. The third-order valence-corrected chi connectivity index (χ3v) is 3.56. The maximum Gasteiger partial charge on any atom is 0.232 e. The van der Waals surface area contributed by atoms with Gasteiger partial charge in [0.05, 0.1) is 11.6 Å². The average molecular weight is 296 g/mol. The number of nitrogens with zero attached hydrogens (tertiary/aromatic N) is 1. The van der Waals surface area contributed by atoms with Crippen LogP contribution in [0, 0.1) is 12.8 Å². The van der Waals surface area contributed by atoms with Crippen molar-refractivity contribution in [2.45, 2.75) is 19.4 Å². The van der Waals surface area contributed by atoms with E-state index < -0.39 is 0 Å². The molecule has 1 aliphatic carbocycles. The number of carbonyl (C=O) groups is 1. The number of amides is 1. The summed E-state index contributed by atoms with van der Waals surface area (Å²) < 4.78 is 0.929. The quantitative estimate of drug-likeness (QED) is 0.820. The molecule has 0 radical (unpaired) electrons. The van der Waals surface area contributed by atoms with Gasteiger partial charge in [0.25, 0.3) is 0 Å². The SMILES string of the molecule is Cc1nc(NC(=O)C2C=CC(N)C2)ccc1Br. The number of hydrogen-bond acceptors (Lipinski definition) is 3. The van der Waals surface area contributed by atoms with Crippen LogP contribution in [0.25, 0.3) is 0 Å². The molecule has 0 spiro atoms. The molecule has 90 valence electrons. The number of aromatic nitrogens is 1. The van der Waals surface area contributed by atoms with Gasteiger partial charge in [0, 0.05) is 10.5 Å². The van der Waals surface area contributed by atoms with Crippen LogP contribution in [-0.2, 0) is 4.79 Å². The number of nitrogens with two attached hydrogens (primary N) is 1. The summed E-state index contributed by atoms with van der Waals surface area (Å²) in [5.41, 5.74) is 6.56. The summed E-state index contributed by atoms with van der Waals surface area (Å²) in [7, 11) is 0. The van der Waals surface area contributed by atoms with E-state index in [4.69, 9.17) is 5.73 Å². The van der Waals surface area contributed by atoms with E-state index in [0.717, 1.165) is 10.2 Å². The number of aryl methyl sites for hydroxylation is 1. The number of pyridine rings is 1. The molecule has 0 saturated carbocycles. The molecule has 17 heavy (non-hydrogen) atoms. The fraction of sp³-hybridized carbons (Fsp3) is 0.333. The third-order valence-electron chi connectivity index (χ3n) is 2.73. The smallest absolute Gasteiger partial charge is 0.232 e. The van der Waals surface area contributed by atoms with Gasteiger partial charge in [0.2, 0.25) is 5.91 Å². The van der Waals surface area contributed by atoms with Crippen molar-refractivity contribution in [1.29, 1.82) is 0 Å². The van der Waals surface area contributed by atoms with Crippen molar-refractivity contribution in [3.63, 3.8) is 0 Å². The number of hydrogen-bond donors (Lipinski definition) is 2. The highest BCUT2D eigenvalue weighted by molar-refractivity contribution is 9.10.